The molecule has 510 valence electrons. The molecule has 0 aliphatic rings. The van der Waals surface area contributed by atoms with Crippen LogP contribution in [0, 0.1) is 17.8 Å². The van der Waals surface area contributed by atoms with Gasteiger partial charge in [-0.25, -0.2) is 9.13 Å². The van der Waals surface area contributed by atoms with E-state index in [-0.39, 0.29) is 25.7 Å². The molecule has 0 fully saturated rings. The molecule has 0 rings (SSSR count). The molecule has 0 aromatic rings. The smallest absolute Gasteiger partial charge is 0.462 e. The third kappa shape index (κ3) is 60.9. The first-order valence-electron chi connectivity index (χ1n) is 34.8. The molecule has 17 nitrogen and oxygen atoms in total. The van der Waals surface area contributed by atoms with E-state index in [1.807, 2.05) is 0 Å². The summed E-state index contributed by atoms with van der Waals surface area (Å²) in [6, 6.07) is 0. The van der Waals surface area contributed by atoms with Gasteiger partial charge in [-0.05, 0) is 43.4 Å². The Morgan fingerprint density at radius 2 is 0.535 bits per heavy atom. The van der Waals surface area contributed by atoms with Gasteiger partial charge in [-0.15, -0.1) is 0 Å². The third-order valence-electron chi connectivity index (χ3n) is 15.4. The van der Waals surface area contributed by atoms with Gasteiger partial charge in [-0.3, -0.25) is 37.3 Å². The summed E-state index contributed by atoms with van der Waals surface area (Å²) in [6.07, 6.45) is 40.6. The highest BCUT2D eigenvalue weighted by atomic mass is 31.2. The van der Waals surface area contributed by atoms with Crippen molar-refractivity contribution in [3.63, 3.8) is 0 Å². The lowest BCUT2D eigenvalue weighted by Crippen LogP contribution is -2.30. The van der Waals surface area contributed by atoms with E-state index >= 15 is 0 Å². The van der Waals surface area contributed by atoms with Gasteiger partial charge in [0.2, 0.25) is 0 Å². The normalized spacial score (nSPS) is 14.3. The van der Waals surface area contributed by atoms with Gasteiger partial charge in [0.15, 0.2) is 12.2 Å². The number of hydrogen-bond donors (Lipinski definition) is 3. The number of phosphoric acid groups is 2. The predicted molar refractivity (Wildman–Crippen MR) is 344 cm³/mol. The van der Waals surface area contributed by atoms with Gasteiger partial charge in [0.05, 0.1) is 26.4 Å². The molecule has 0 radical (unpaired) electrons. The van der Waals surface area contributed by atoms with Crippen LogP contribution in [-0.2, 0) is 65.4 Å². The van der Waals surface area contributed by atoms with Gasteiger partial charge < -0.3 is 33.8 Å². The lowest BCUT2D eigenvalue weighted by atomic mass is 10.0. The van der Waals surface area contributed by atoms with Crippen molar-refractivity contribution in [3.05, 3.63) is 0 Å². The topological polar surface area (TPSA) is 237 Å². The maximum atomic E-state index is 13.0. The maximum absolute atomic E-state index is 13.0. The number of rotatable bonds is 65. The molecule has 3 N–H and O–H groups in total. The molecule has 19 heteroatoms. The summed E-state index contributed by atoms with van der Waals surface area (Å²) < 4.78 is 68.1. The van der Waals surface area contributed by atoms with E-state index in [1.165, 1.54) is 135 Å². The molecule has 5 atom stereocenters. The molecule has 0 saturated carbocycles. The Morgan fingerprint density at radius 1 is 0.314 bits per heavy atom. The van der Waals surface area contributed by atoms with Crippen LogP contribution in [0.15, 0.2) is 0 Å². The molecule has 0 spiro atoms. The number of unbranched alkanes of at least 4 members (excludes halogenated alkanes) is 33. The zero-order valence-corrected chi connectivity index (χ0v) is 57.6. The second-order valence-electron chi connectivity index (χ2n) is 25.6. The van der Waals surface area contributed by atoms with Crippen LogP contribution in [-0.4, -0.2) is 96.7 Å². The average Bonchev–Trinajstić information content (AvgIpc) is 3.47. The van der Waals surface area contributed by atoms with Gasteiger partial charge in [0.1, 0.15) is 19.3 Å². The van der Waals surface area contributed by atoms with Crippen LogP contribution in [0.4, 0.5) is 0 Å². The molecular formula is C67H130O17P2. The number of aliphatic hydroxyl groups excluding tert-OH is 1. The highest BCUT2D eigenvalue weighted by molar-refractivity contribution is 7.47. The molecule has 0 aromatic carbocycles. The Bertz CT molecular complexity index is 1700. The van der Waals surface area contributed by atoms with Gasteiger partial charge in [-0.2, -0.15) is 0 Å². The van der Waals surface area contributed by atoms with E-state index in [9.17, 15) is 43.2 Å². The van der Waals surface area contributed by atoms with E-state index < -0.39 is 97.5 Å². The Morgan fingerprint density at radius 3 is 0.791 bits per heavy atom. The molecule has 86 heavy (non-hydrogen) atoms. The summed E-state index contributed by atoms with van der Waals surface area (Å²) in [6.45, 7) is 11.6. The zero-order valence-electron chi connectivity index (χ0n) is 55.8. The fourth-order valence-electron chi connectivity index (χ4n) is 10.0. The van der Waals surface area contributed by atoms with Gasteiger partial charge in [0.25, 0.3) is 0 Å². The SMILES string of the molecule is CCCCCCCCCCCCCCCCC(=O)OC[C@H](COP(=O)(O)OC[C@@H](O)COP(=O)(O)OC[C@@H](COC(=O)CCCCCCCCC(C)C)OC(=O)CCCCCCCCC(C)C)OC(=O)CCCCCCCCCCCCCC(C)C. The highest BCUT2D eigenvalue weighted by Crippen LogP contribution is 2.45. The van der Waals surface area contributed by atoms with Gasteiger partial charge in [0, 0.05) is 25.7 Å². The Hall–Kier alpha value is -1.94. The second kappa shape index (κ2) is 58.2. The number of hydrogen-bond acceptors (Lipinski definition) is 15. The monoisotopic (exact) mass is 1270 g/mol. The summed E-state index contributed by atoms with van der Waals surface area (Å²) in [4.78, 5) is 72.3. The second-order valence-corrected chi connectivity index (χ2v) is 28.5. The summed E-state index contributed by atoms with van der Waals surface area (Å²) >= 11 is 0. The quantitative estimate of drug-likeness (QED) is 0.0222. The van der Waals surface area contributed by atoms with E-state index in [0.29, 0.717) is 37.5 Å². The van der Waals surface area contributed by atoms with Gasteiger partial charge >= 0.3 is 39.5 Å². The fourth-order valence-corrected chi connectivity index (χ4v) is 11.6. The van der Waals surface area contributed by atoms with Crippen molar-refractivity contribution in [2.45, 2.75) is 349 Å². The summed E-state index contributed by atoms with van der Waals surface area (Å²) in [5, 5.41) is 10.6. The molecule has 0 amide bonds. The summed E-state index contributed by atoms with van der Waals surface area (Å²) in [5.41, 5.74) is 0. The Kier molecular flexibility index (Phi) is 56.9. The van der Waals surface area contributed by atoms with Crippen LogP contribution in [0.5, 0.6) is 0 Å². The van der Waals surface area contributed by atoms with Crippen molar-refractivity contribution in [2.24, 2.45) is 17.8 Å². The minimum Gasteiger partial charge on any atom is -0.462 e. The summed E-state index contributed by atoms with van der Waals surface area (Å²) in [5.74, 6) is -0.0219. The molecule has 0 heterocycles. The lowest BCUT2D eigenvalue weighted by molar-refractivity contribution is -0.161. The van der Waals surface area contributed by atoms with Gasteiger partial charge in [-0.1, -0.05) is 280 Å². The molecule has 0 saturated heterocycles. The molecule has 2 unspecified atom stereocenters. The number of phosphoric ester groups is 2. The maximum Gasteiger partial charge on any atom is 0.472 e. The van der Waals surface area contributed by atoms with Crippen molar-refractivity contribution >= 4 is 39.5 Å². The average molecular weight is 1270 g/mol. The van der Waals surface area contributed by atoms with E-state index in [2.05, 4.69) is 48.5 Å². The molecule has 0 aliphatic heterocycles. The number of carbonyl (C=O) groups excluding carboxylic acids is 4. The van der Waals surface area contributed by atoms with Crippen molar-refractivity contribution in [2.75, 3.05) is 39.6 Å². The van der Waals surface area contributed by atoms with Crippen molar-refractivity contribution in [3.8, 4) is 0 Å². The Balaban J connectivity index is 5.23. The van der Waals surface area contributed by atoms with E-state index in [1.54, 1.807) is 0 Å². The minimum absolute atomic E-state index is 0.101. The number of carbonyl (C=O) groups is 4. The first-order valence-corrected chi connectivity index (χ1v) is 37.8. The lowest BCUT2D eigenvalue weighted by Gasteiger charge is -2.21. The Labute approximate surface area is 524 Å². The van der Waals surface area contributed by atoms with Crippen LogP contribution >= 0.6 is 15.6 Å². The van der Waals surface area contributed by atoms with Crippen molar-refractivity contribution in [1.82, 2.24) is 0 Å². The molecular weight excluding hydrogens is 1140 g/mol. The fraction of sp³-hybridized carbons (Fsp3) is 0.940. The van der Waals surface area contributed by atoms with Crippen LogP contribution in [0.25, 0.3) is 0 Å². The number of esters is 4. The predicted octanol–water partition coefficient (Wildman–Crippen LogP) is 18.7. The summed E-state index contributed by atoms with van der Waals surface area (Å²) in [7, 11) is -9.89. The minimum atomic E-state index is -4.95. The molecule has 0 aromatic heterocycles. The molecule has 0 bridgehead atoms. The first kappa shape index (κ1) is 84.1. The third-order valence-corrected chi connectivity index (χ3v) is 17.3. The van der Waals surface area contributed by atoms with E-state index in [0.717, 1.165) is 102 Å². The number of aliphatic hydroxyl groups is 1. The number of ether oxygens (including phenoxy) is 4. The van der Waals surface area contributed by atoms with Crippen molar-refractivity contribution < 1.29 is 80.2 Å². The van der Waals surface area contributed by atoms with Crippen LogP contribution < -0.4 is 0 Å². The zero-order chi connectivity index (χ0) is 63.8. The van der Waals surface area contributed by atoms with Crippen molar-refractivity contribution in [1.29, 1.82) is 0 Å². The molecule has 0 aliphatic carbocycles. The van der Waals surface area contributed by atoms with E-state index in [4.69, 9.17) is 37.0 Å². The van der Waals surface area contributed by atoms with Crippen LogP contribution in [0.2, 0.25) is 0 Å². The highest BCUT2D eigenvalue weighted by Gasteiger charge is 2.30. The largest absolute Gasteiger partial charge is 0.472 e. The first-order chi connectivity index (χ1) is 41.2. The van der Waals surface area contributed by atoms with Crippen LogP contribution in [0.3, 0.4) is 0 Å². The standard InChI is InChI=1S/C67H130O17P2/c1-8-9-10-11-12-13-14-15-16-19-22-25-34-41-48-64(69)77-54-62(83-66(71)50-43-36-26-23-20-17-18-21-24-31-38-45-58(2)3)56-81-85(73,74)79-52-61(68)53-80-86(75,76)82-57-63(84-67(72)51-44-37-30-28-33-40-47-60(6)7)55-78-65(70)49-42-35-29-27-32-39-46-59(4)5/h58-63,68H,8-57H2,1-7H3,(H,73,74)(H,75,76)/t61-,62-,63-/m1/s1. The van der Waals surface area contributed by atoms with Crippen LogP contribution in [0.1, 0.15) is 331 Å².